The van der Waals surface area contributed by atoms with Crippen molar-refractivity contribution in [3.8, 4) is 78.1 Å². The second-order valence-corrected chi connectivity index (χ2v) is 35.5. The average Bonchev–Trinajstić information content (AvgIpc) is 1.57. The summed E-state index contributed by atoms with van der Waals surface area (Å²) in [6, 6.07) is 195. The fourth-order valence-electron chi connectivity index (χ4n) is 20.4. The molecule has 0 N–H and O–H groups in total. The Kier molecular flexibility index (Phi) is 21.5. The van der Waals surface area contributed by atoms with Gasteiger partial charge < -0.3 is 37.6 Å². The zero-order chi connectivity index (χ0) is 92.8. The summed E-state index contributed by atoms with van der Waals surface area (Å²) in [5, 5.41) is 9.01. The van der Waals surface area contributed by atoms with Crippen molar-refractivity contribution in [2.24, 2.45) is 0 Å². The summed E-state index contributed by atoms with van der Waals surface area (Å²) in [6.45, 7) is 0. The van der Waals surface area contributed by atoms with Crippen molar-refractivity contribution in [3.63, 3.8) is 0 Å². The molecule has 0 aliphatic rings. The van der Waals surface area contributed by atoms with E-state index in [1.54, 1.807) is 0 Å². The lowest BCUT2D eigenvalue weighted by molar-refractivity contribution is 0.666. The van der Waals surface area contributed by atoms with Crippen LogP contribution in [0.15, 0.2) is 555 Å². The molecule has 0 saturated heterocycles. The van der Waals surface area contributed by atoms with Crippen LogP contribution in [0.5, 0.6) is 0 Å². The number of hydrogen-bond donors (Lipinski definition) is 0. The van der Waals surface area contributed by atoms with E-state index in [2.05, 4.69) is 563 Å². The maximum absolute atomic E-state index is 6.79. The highest BCUT2D eigenvalue weighted by atomic mass is 16.3. The molecule has 26 rings (SSSR count). The number of anilines is 12. The zero-order valence-corrected chi connectivity index (χ0v) is 76.5. The van der Waals surface area contributed by atoms with Crippen LogP contribution in [-0.4, -0.2) is 9.13 Å². The van der Waals surface area contributed by atoms with Gasteiger partial charge in [0.25, 0.3) is 0 Å². The molecule has 8 heteroatoms. The third kappa shape index (κ3) is 15.6. The normalized spacial score (nSPS) is 11.4. The molecule has 0 atom stereocenters. The molecule has 0 fully saturated rings. The minimum atomic E-state index is 0.855. The summed E-state index contributed by atoms with van der Waals surface area (Å²) < 4.78 is 18.2. The van der Waals surface area contributed by atoms with Gasteiger partial charge in [-0.2, -0.15) is 0 Å². The van der Waals surface area contributed by atoms with E-state index < -0.39 is 0 Å². The Hall–Kier alpha value is -18.8. The predicted molar refractivity (Wildman–Crippen MR) is 587 cm³/mol. The predicted octanol–water partition coefficient (Wildman–Crippen LogP) is 37.2. The summed E-state index contributed by atoms with van der Waals surface area (Å²) >= 11 is 0. The van der Waals surface area contributed by atoms with Crippen molar-refractivity contribution in [1.29, 1.82) is 0 Å². The first-order valence-electron chi connectivity index (χ1n) is 47.6. The van der Waals surface area contributed by atoms with E-state index >= 15 is 0 Å². The van der Waals surface area contributed by atoms with Crippen molar-refractivity contribution in [1.82, 2.24) is 9.13 Å². The molecule has 660 valence electrons. The number of rotatable bonds is 20. The van der Waals surface area contributed by atoms with E-state index in [1.165, 1.54) is 55.3 Å². The van der Waals surface area contributed by atoms with Crippen LogP contribution in [0.4, 0.5) is 68.2 Å². The molecule has 140 heavy (non-hydrogen) atoms. The van der Waals surface area contributed by atoms with Crippen LogP contribution < -0.4 is 19.6 Å². The molecule has 0 radical (unpaired) electrons. The van der Waals surface area contributed by atoms with Crippen molar-refractivity contribution in [2.45, 2.75) is 0 Å². The van der Waals surface area contributed by atoms with Gasteiger partial charge in [0.1, 0.15) is 11.2 Å². The molecule has 22 aromatic carbocycles. The first-order chi connectivity index (χ1) is 69.4. The van der Waals surface area contributed by atoms with Gasteiger partial charge in [0.05, 0.1) is 33.4 Å². The van der Waals surface area contributed by atoms with Crippen LogP contribution in [0, 0.1) is 0 Å². The van der Waals surface area contributed by atoms with Crippen LogP contribution >= 0.6 is 0 Å². The first kappa shape index (κ1) is 83.1. The van der Waals surface area contributed by atoms with Crippen LogP contribution in [0.25, 0.3) is 166 Å². The first-order valence-corrected chi connectivity index (χ1v) is 47.6. The highest BCUT2D eigenvalue weighted by molar-refractivity contribution is 6.17. The minimum absolute atomic E-state index is 0.855. The number of para-hydroxylation sites is 8. The summed E-state index contributed by atoms with van der Waals surface area (Å²) in [4.78, 5) is 9.36. The Morgan fingerprint density at radius 1 is 0.129 bits per heavy atom. The number of hydrogen-bond acceptors (Lipinski definition) is 6. The summed E-state index contributed by atoms with van der Waals surface area (Å²) in [5.74, 6) is 0. The highest BCUT2D eigenvalue weighted by Gasteiger charge is 2.27. The van der Waals surface area contributed by atoms with Crippen molar-refractivity contribution in [2.75, 3.05) is 19.6 Å². The maximum Gasteiger partial charge on any atom is 0.159 e. The number of nitrogens with zero attached hydrogens (tertiary/aromatic N) is 6. The van der Waals surface area contributed by atoms with E-state index in [-0.39, 0.29) is 0 Å². The van der Waals surface area contributed by atoms with Gasteiger partial charge in [0.15, 0.2) is 11.2 Å². The van der Waals surface area contributed by atoms with Crippen LogP contribution in [0.1, 0.15) is 0 Å². The molecular formula is C132H90N6O2. The Balaban J connectivity index is 0.000000150. The molecule has 4 heterocycles. The molecule has 0 unspecified atom stereocenters. The quantitative estimate of drug-likeness (QED) is 0.0758. The maximum atomic E-state index is 6.79. The standard InChI is InChI=1S/C72H49N3O.C60H41N3O/c1-5-16-50(17-6-1)54-28-36-58(37-29-54)73(59-38-30-55(31-39-59)51-18-7-2-8-19-51)62-44-46-68-66(48-62)67-49-63(45-47-69(67)75(68)70-26-15-25-65-64-24-13-14-27-71(64)76-72(65)70)74(60-40-32-56(33-41-60)52-20-9-3-10-21-52)61-42-34-57(35-43-61)53-22-11-4-12-23-53;1-5-16-46(17-6-1)61(47-18-7-2-8-19-47)50-34-28-42(29-35-50)44-32-38-56-54(40-44)55-41-45(33-39-57(55)63(56)58-26-15-25-53-52-24-13-14-27-59(52)64-60(53)58)43-30-36-51(37-31-43)62(48-20-9-3-10-21-48)49-22-11-4-12-23-49/h1-49H;1-41H. The molecule has 0 aliphatic carbocycles. The van der Waals surface area contributed by atoms with E-state index in [9.17, 15) is 0 Å². The Morgan fingerprint density at radius 3 is 0.600 bits per heavy atom. The monoisotopic (exact) mass is 1790 g/mol. The lowest BCUT2D eigenvalue weighted by atomic mass is 9.99. The van der Waals surface area contributed by atoms with Gasteiger partial charge in [-0.25, -0.2) is 0 Å². The fraction of sp³-hybridized carbons (Fsp3) is 0. The van der Waals surface area contributed by atoms with Gasteiger partial charge in [-0.1, -0.05) is 340 Å². The summed E-state index contributed by atoms with van der Waals surface area (Å²) in [5.41, 5.74) is 36.9. The van der Waals surface area contributed by atoms with Gasteiger partial charge in [0.2, 0.25) is 0 Å². The number of aromatic nitrogens is 2. The highest BCUT2D eigenvalue weighted by Crippen LogP contribution is 2.49. The third-order valence-electron chi connectivity index (χ3n) is 27.2. The minimum Gasteiger partial charge on any atom is -0.454 e. The Morgan fingerprint density at radius 2 is 0.321 bits per heavy atom. The van der Waals surface area contributed by atoms with E-state index in [1.807, 2.05) is 12.1 Å². The SMILES string of the molecule is c1ccc(-c2ccc(N(c3ccc(-c4ccccc4)cc3)c3ccc4c(c3)c3cc(N(c5ccc(-c6ccccc6)cc5)c5ccc(-c6ccccc6)cc5)ccc3n4-c3cccc4c3oc3ccccc34)cc2)cc1.c1ccc(N(c2ccccc2)c2ccc(-c3ccc4c(c3)c3cc(-c5ccc(N(c6ccccc6)c6ccccc6)cc5)ccc3n4-c3cccc4c3oc3ccccc34)cc2)cc1. The van der Waals surface area contributed by atoms with Crippen molar-refractivity contribution >= 4 is 156 Å². The van der Waals surface area contributed by atoms with Crippen LogP contribution in [0.2, 0.25) is 0 Å². The van der Waals surface area contributed by atoms with Gasteiger partial charge in [-0.15, -0.1) is 0 Å². The number of furan rings is 2. The van der Waals surface area contributed by atoms with E-state index in [0.29, 0.717) is 0 Å². The smallest absolute Gasteiger partial charge is 0.159 e. The molecule has 0 spiro atoms. The van der Waals surface area contributed by atoms with Crippen LogP contribution in [0.3, 0.4) is 0 Å². The lowest BCUT2D eigenvalue weighted by Crippen LogP contribution is -2.10. The average molecular weight is 1790 g/mol. The molecular weight excluding hydrogens is 1700 g/mol. The van der Waals surface area contributed by atoms with Gasteiger partial charge in [0, 0.05) is 111 Å². The molecule has 0 bridgehead atoms. The lowest BCUT2D eigenvalue weighted by Gasteiger charge is -2.26. The van der Waals surface area contributed by atoms with Gasteiger partial charge in [-0.3, -0.25) is 0 Å². The topological polar surface area (TPSA) is 49.1 Å². The second-order valence-electron chi connectivity index (χ2n) is 35.5. The van der Waals surface area contributed by atoms with Crippen molar-refractivity contribution in [3.05, 3.63) is 546 Å². The molecule has 0 amide bonds. The van der Waals surface area contributed by atoms with Crippen LogP contribution in [-0.2, 0) is 0 Å². The Bertz CT molecular complexity index is 8310. The number of fused-ring (bicyclic) bond motifs is 12. The molecule has 0 aliphatic heterocycles. The third-order valence-corrected chi connectivity index (χ3v) is 27.2. The van der Waals surface area contributed by atoms with E-state index in [0.717, 1.165) is 179 Å². The zero-order valence-electron chi connectivity index (χ0n) is 76.5. The molecule has 0 saturated carbocycles. The molecule has 8 nitrogen and oxygen atoms in total. The molecule has 26 aromatic rings. The summed E-state index contributed by atoms with van der Waals surface area (Å²) in [6.07, 6.45) is 0. The number of benzene rings is 22. The second kappa shape index (κ2) is 36.2. The largest absolute Gasteiger partial charge is 0.454 e. The molecule has 4 aromatic heterocycles. The van der Waals surface area contributed by atoms with E-state index in [4.69, 9.17) is 8.83 Å². The fourth-order valence-corrected chi connectivity index (χ4v) is 20.4. The van der Waals surface area contributed by atoms with Gasteiger partial charge >= 0.3 is 0 Å². The summed E-state index contributed by atoms with van der Waals surface area (Å²) in [7, 11) is 0. The van der Waals surface area contributed by atoms with Crippen molar-refractivity contribution < 1.29 is 8.83 Å². The van der Waals surface area contributed by atoms with Gasteiger partial charge in [-0.05, 0) is 273 Å². The Labute approximate surface area is 811 Å².